The van der Waals surface area contributed by atoms with Crippen LogP contribution in [-0.2, 0) is 23.7 Å². The molecule has 7 rings (SSSR count). The molecule has 2 saturated heterocycles. The first-order chi connectivity index (χ1) is 23.7. The molecule has 0 radical (unpaired) electrons. The molecule has 0 aromatic carbocycles. The maximum atomic E-state index is 13.0. The van der Waals surface area contributed by atoms with Gasteiger partial charge in [-0.25, -0.2) is 0 Å². The first kappa shape index (κ1) is 38.1. The van der Waals surface area contributed by atoms with E-state index in [0.717, 1.165) is 64.2 Å². The number of aliphatic hydroxyl groups excluding tert-OH is 5. The summed E-state index contributed by atoms with van der Waals surface area (Å²) in [6.45, 7) is 16.2. The molecule has 51 heavy (non-hydrogen) atoms. The molecule has 6 N–H and O–H groups in total. The van der Waals surface area contributed by atoms with Gasteiger partial charge in [0.2, 0.25) is 0 Å². The van der Waals surface area contributed by atoms with Crippen molar-refractivity contribution in [1.82, 2.24) is 0 Å². The second-order valence-corrected chi connectivity index (χ2v) is 19.8. The molecule has 0 amide bonds. The topological polar surface area (TPSA) is 175 Å². The molecule has 0 bridgehead atoms. The quantitative estimate of drug-likeness (QED) is 0.178. The molecule has 0 unspecified atom stereocenters. The summed E-state index contributed by atoms with van der Waals surface area (Å²) in [4.78, 5) is 13.0. The van der Waals surface area contributed by atoms with Crippen molar-refractivity contribution in [2.24, 2.45) is 50.2 Å². The number of aliphatic hydroxyl groups is 5. The molecule has 4 saturated carbocycles. The second kappa shape index (κ2) is 12.7. The van der Waals surface area contributed by atoms with Gasteiger partial charge in [-0.05, 0) is 109 Å². The van der Waals surface area contributed by atoms with Crippen LogP contribution in [0.15, 0.2) is 11.6 Å². The van der Waals surface area contributed by atoms with E-state index in [4.69, 9.17) is 18.9 Å². The summed E-state index contributed by atoms with van der Waals surface area (Å²) in [7, 11) is 0. The number of carboxylic acid groups (broad SMARTS) is 1. The summed E-state index contributed by atoms with van der Waals surface area (Å²) < 4.78 is 24.1. The number of carboxylic acids is 1. The van der Waals surface area contributed by atoms with Crippen molar-refractivity contribution in [3.63, 3.8) is 0 Å². The van der Waals surface area contributed by atoms with Gasteiger partial charge >= 0.3 is 5.97 Å². The van der Waals surface area contributed by atoms with Crippen LogP contribution in [0.2, 0.25) is 0 Å². The maximum Gasteiger partial charge on any atom is 0.310 e. The fourth-order valence-corrected chi connectivity index (χ4v) is 13.1. The third-order valence-corrected chi connectivity index (χ3v) is 16.5. The first-order valence-electron chi connectivity index (χ1n) is 19.6. The van der Waals surface area contributed by atoms with Gasteiger partial charge in [0.05, 0.1) is 24.7 Å². The van der Waals surface area contributed by atoms with E-state index in [0.29, 0.717) is 11.8 Å². The Morgan fingerprint density at radius 2 is 1.39 bits per heavy atom. The Bertz CT molecular complexity index is 1380. The average molecular weight is 721 g/mol. The molecule has 0 spiro atoms. The van der Waals surface area contributed by atoms with E-state index in [1.54, 1.807) is 0 Å². The van der Waals surface area contributed by atoms with Crippen molar-refractivity contribution in [1.29, 1.82) is 0 Å². The van der Waals surface area contributed by atoms with Crippen LogP contribution in [0, 0.1) is 50.2 Å². The van der Waals surface area contributed by atoms with E-state index >= 15 is 0 Å². The van der Waals surface area contributed by atoms with Gasteiger partial charge in [0.15, 0.2) is 12.6 Å². The molecular weight excluding hydrogens is 656 g/mol. The van der Waals surface area contributed by atoms with Gasteiger partial charge in [0.25, 0.3) is 0 Å². The van der Waals surface area contributed by atoms with Crippen LogP contribution in [0.4, 0.5) is 0 Å². The minimum Gasteiger partial charge on any atom is -0.481 e. The largest absolute Gasteiger partial charge is 0.481 e. The van der Waals surface area contributed by atoms with E-state index in [-0.39, 0.29) is 52.3 Å². The SMILES string of the molecule is CC1(C)CC[C@]2(C(=O)O)CC[C@]3(C)C(=CC[C@@H]4[C@@]5(C)CC[C@H](O[C@@H]6OC[C@H](O)[C@H](O)[C@H]6O[C@@H]6OC[C@@H](O)[C@H](O)[C@H]6O)C(C)(C)[C@@H]5CC[C@]43C)[C@H]2C1. The molecule has 0 aromatic heterocycles. The van der Waals surface area contributed by atoms with E-state index < -0.39 is 60.6 Å². The summed E-state index contributed by atoms with van der Waals surface area (Å²) in [6, 6.07) is 0. The van der Waals surface area contributed by atoms with Crippen molar-refractivity contribution in [3.8, 4) is 0 Å². The smallest absolute Gasteiger partial charge is 0.310 e. The molecule has 2 heterocycles. The lowest BCUT2D eigenvalue weighted by atomic mass is 9.33. The first-order valence-corrected chi connectivity index (χ1v) is 19.6. The van der Waals surface area contributed by atoms with Gasteiger partial charge < -0.3 is 49.6 Å². The van der Waals surface area contributed by atoms with Crippen LogP contribution in [0.3, 0.4) is 0 Å². The Labute approximate surface area is 303 Å². The summed E-state index contributed by atoms with van der Waals surface area (Å²) in [5.74, 6) is 0.227. The number of hydrogen-bond donors (Lipinski definition) is 6. The Morgan fingerprint density at radius 1 is 0.745 bits per heavy atom. The lowest BCUT2D eigenvalue weighted by Gasteiger charge is -2.71. The standard InChI is InChI=1S/C40H64O11/c1-35(2)14-16-40(34(46)47)17-15-38(6)21(22(40)18-35)8-9-26-37(5)12-11-27(36(3,4)25(37)10-13-39(26,38)7)50-33-31(29(44)24(42)20-49-33)51-32-30(45)28(43)23(41)19-48-32/h8,22-33,41-45H,9-20H2,1-7H3,(H,46,47)/t22-,23-,24+,25+,26-,27+,28+,29+,30-,31-,32+,33+,37+,38-,39-,40+/m1/s1. The van der Waals surface area contributed by atoms with Crippen LogP contribution in [0.5, 0.6) is 0 Å². The average Bonchev–Trinajstić information content (AvgIpc) is 3.05. The fraction of sp³-hybridized carbons (Fsp3) is 0.925. The van der Waals surface area contributed by atoms with Gasteiger partial charge in [0.1, 0.15) is 36.6 Å². The Kier molecular flexibility index (Phi) is 9.50. The number of rotatable bonds is 5. The summed E-state index contributed by atoms with van der Waals surface area (Å²) >= 11 is 0. The molecule has 5 aliphatic carbocycles. The molecule has 2 aliphatic heterocycles. The van der Waals surface area contributed by atoms with Crippen LogP contribution in [0.25, 0.3) is 0 Å². The third-order valence-electron chi connectivity index (χ3n) is 16.5. The lowest BCUT2D eigenvalue weighted by Crippen LogP contribution is -2.66. The van der Waals surface area contributed by atoms with Gasteiger partial charge in [-0.2, -0.15) is 0 Å². The molecule has 6 fully saturated rings. The van der Waals surface area contributed by atoms with Crippen molar-refractivity contribution >= 4 is 5.97 Å². The highest BCUT2D eigenvalue weighted by atomic mass is 16.7. The summed E-state index contributed by atoms with van der Waals surface area (Å²) in [5.41, 5.74) is 0.597. The maximum absolute atomic E-state index is 13.0. The molecular formula is C40H64O11. The lowest BCUT2D eigenvalue weighted by molar-refractivity contribution is -0.357. The predicted octanol–water partition coefficient (Wildman–Crippen LogP) is 4.16. The zero-order chi connectivity index (χ0) is 37.1. The highest BCUT2D eigenvalue weighted by Gasteiger charge is 2.69. The Balaban J connectivity index is 1.13. The van der Waals surface area contributed by atoms with Crippen molar-refractivity contribution in [2.45, 2.75) is 168 Å². The van der Waals surface area contributed by atoms with Crippen LogP contribution in [-0.4, -0.2) is 105 Å². The monoisotopic (exact) mass is 720 g/mol. The second-order valence-electron chi connectivity index (χ2n) is 19.8. The van der Waals surface area contributed by atoms with E-state index in [9.17, 15) is 35.4 Å². The molecule has 11 heteroatoms. The number of ether oxygens (including phenoxy) is 4. The van der Waals surface area contributed by atoms with Crippen LogP contribution in [0.1, 0.15) is 113 Å². The number of allylic oxidation sites excluding steroid dienone is 2. The number of hydrogen-bond acceptors (Lipinski definition) is 10. The summed E-state index contributed by atoms with van der Waals surface area (Å²) in [5, 5.41) is 62.9. The molecule has 0 aromatic rings. The normalized spacial score (nSPS) is 53.5. The Morgan fingerprint density at radius 3 is 2.08 bits per heavy atom. The Hall–Kier alpha value is -1.15. The van der Waals surface area contributed by atoms with Crippen LogP contribution < -0.4 is 0 Å². The van der Waals surface area contributed by atoms with E-state index in [2.05, 4.69) is 54.5 Å². The zero-order valence-corrected chi connectivity index (χ0v) is 31.7. The van der Waals surface area contributed by atoms with Gasteiger partial charge in [-0.15, -0.1) is 0 Å². The van der Waals surface area contributed by atoms with E-state index in [1.807, 2.05) is 0 Å². The van der Waals surface area contributed by atoms with E-state index in [1.165, 1.54) is 5.57 Å². The minimum absolute atomic E-state index is 0.0185. The third kappa shape index (κ3) is 5.64. The molecule has 16 atom stereocenters. The number of carbonyl (C=O) groups is 1. The summed E-state index contributed by atoms with van der Waals surface area (Å²) in [6.07, 6.45) is 0.735. The molecule has 11 nitrogen and oxygen atoms in total. The van der Waals surface area contributed by atoms with Crippen LogP contribution >= 0.6 is 0 Å². The highest BCUT2D eigenvalue weighted by molar-refractivity contribution is 5.76. The zero-order valence-electron chi connectivity index (χ0n) is 31.7. The molecule has 290 valence electrons. The van der Waals surface area contributed by atoms with Gasteiger partial charge in [0, 0.05) is 0 Å². The van der Waals surface area contributed by atoms with Crippen molar-refractivity contribution < 1.29 is 54.4 Å². The fourth-order valence-electron chi connectivity index (χ4n) is 13.1. The van der Waals surface area contributed by atoms with Crippen molar-refractivity contribution in [3.05, 3.63) is 11.6 Å². The number of aliphatic carboxylic acids is 1. The number of fused-ring (bicyclic) bond motifs is 7. The van der Waals surface area contributed by atoms with Gasteiger partial charge in [-0.3, -0.25) is 4.79 Å². The minimum atomic E-state index is -1.56. The van der Waals surface area contributed by atoms with Crippen molar-refractivity contribution in [2.75, 3.05) is 13.2 Å². The van der Waals surface area contributed by atoms with Gasteiger partial charge in [-0.1, -0.05) is 60.1 Å². The molecule has 7 aliphatic rings. The predicted molar refractivity (Wildman–Crippen MR) is 186 cm³/mol. The highest BCUT2D eigenvalue weighted by Crippen LogP contribution is 2.76.